The highest BCUT2D eigenvalue weighted by Crippen LogP contribution is 2.32. The van der Waals surface area contributed by atoms with E-state index in [-0.39, 0.29) is 11.9 Å². The van der Waals surface area contributed by atoms with E-state index in [1.807, 2.05) is 36.1 Å². The standard InChI is InChI=1S/C24H24Cl3N3O/c1-15-22(29-23(28-15)20-13-10-17(26)14-21(20)27)24(31)30(18-6-4-2-3-5-7-18)19-11-8-16(25)9-12-19/h8-14,18H,2-7H2,1H3,(H,28,29). The molecule has 1 aliphatic carbocycles. The Labute approximate surface area is 197 Å². The van der Waals surface area contributed by atoms with Gasteiger partial charge in [0.1, 0.15) is 11.5 Å². The summed E-state index contributed by atoms with van der Waals surface area (Å²) in [6, 6.07) is 12.8. The second-order valence-corrected chi connectivity index (χ2v) is 9.26. The Balaban J connectivity index is 1.73. The van der Waals surface area contributed by atoms with Gasteiger partial charge in [-0.2, -0.15) is 0 Å². The quantitative estimate of drug-likeness (QED) is 0.392. The number of carbonyl (C=O) groups is 1. The van der Waals surface area contributed by atoms with E-state index in [0.717, 1.165) is 31.4 Å². The van der Waals surface area contributed by atoms with E-state index in [2.05, 4.69) is 9.97 Å². The number of rotatable bonds is 4. The second-order valence-electron chi connectivity index (χ2n) is 7.98. The number of H-pyrrole nitrogens is 1. The lowest BCUT2D eigenvalue weighted by Gasteiger charge is -2.31. The maximum absolute atomic E-state index is 13.8. The van der Waals surface area contributed by atoms with Gasteiger partial charge >= 0.3 is 0 Å². The monoisotopic (exact) mass is 475 g/mol. The molecule has 0 unspecified atom stereocenters. The van der Waals surface area contributed by atoms with Gasteiger partial charge in [0, 0.05) is 33.0 Å². The minimum Gasteiger partial charge on any atom is -0.341 e. The minimum absolute atomic E-state index is 0.112. The predicted octanol–water partition coefficient (Wildman–Crippen LogP) is 7.71. The van der Waals surface area contributed by atoms with Gasteiger partial charge in [-0.3, -0.25) is 4.79 Å². The van der Waals surface area contributed by atoms with Crippen molar-refractivity contribution in [2.24, 2.45) is 0 Å². The fourth-order valence-electron chi connectivity index (χ4n) is 4.20. The molecule has 1 saturated carbocycles. The number of aromatic amines is 1. The molecule has 1 aromatic heterocycles. The predicted molar refractivity (Wildman–Crippen MR) is 129 cm³/mol. The average Bonchev–Trinajstić information content (AvgIpc) is 2.94. The summed E-state index contributed by atoms with van der Waals surface area (Å²) in [6.07, 6.45) is 6.61. The highest BCUT2D eigenvalue weighted by Gasteiger charge is 2.30. The van der Waals surface area contributed by atoms with Crippen LogP contribution in [0.2, 0.25) is 15.1 Å². The van der Waals surface area contributed by atoms with E-state index in [1.165, 1.54) is 12.8 Å². The van der Waals surface area contributed by atoms with Gasteiger partial charge in [0.2, 0.25) is 0 Å². The maximum atomic E-state index is 13.8. The molecule has 162 valence electrons. The van der Waals surface area contributed by atoms with Crippen LogP contribution in [0.25, 0.3) is 11.4 Å². The zero-order valence-electron chi connectivity index (χ0n) is 17.3. The normalized spacial score (nSPS) is 15.0. The number of hydrogen-bond acceptors (Lipinski definition) is 2. The number of amides is 1. The van der Waals surface area contributed by atoms with Crippen molar-refractivity contribution in [1.29, 1.82) is 0 Å². The Morgan fingerprint density at radius 1 is 0.968 bits per heavy atom. The number of hydrogen-bond donors (Lipinski definition) is 1. The molecule has 1 N–H and O–H groups in total. The number of nitrogens with zero attached hydrogens (tertiary/aromatic N) is 2. The number of benzene rings is 2. The van der Waals surface area contributed by atoms with Crippen LogP contribution in [0.4, 0.5) is 5.69 Å². The van der Waals surface area contributed by atoms with Crippen LogP contribution in [-0.4, -0.2) is 21.9 Å². The lowest BCUT2D eigenvalue weighted by Crippen LogP contribution is -2.41. The first-order valence-electron chi connectivity index (χ1n) is 10.5. The number of halogens is 3. The molecule has 1 heterocycles. The summed E-state index contributed by atoms with van der Waals surface area (Å²) in [5, 5.41) is 1.68. The number of aryl methyl sites for hydroxylation is 1. The Morgan fingerprint density at radius 2 is 1.61 bits per heavy atom. The van der Waals surface area contributed by atoms with Gasteiger partial charge < -0.3 is 9.88 Å². The molecule has 4 nitrogen and oxygen atoms in total. The molecule has 1 aliphatic rings. The molecule has 0 saturated heterocycles. The molecule has 1 amide bonds. The largest absolute Gasteiger partial charge is 0.341 e. The molecule has 1 fully saturated rings. The van der Waals surface area contributed by atoms with E-state index in [1.54, 1.807) is 18.2 Å². The van der Waals surface area contributed by atoms with Crippen LogP contribution in [0.5, 0.6) is 0 Å². The Kier molecular flexibility index (Phi) is 6.90. The highest BCUT2D eigenvalue weighted by atomic mass is 35.5. The summed E-state index contributed by atoms with van der Waals surface area (Å²) in [6.45, 7) is 1.86. The highest BCUT2D eigenvalue weighted by molar-refractivity contribution is 6.36. The van der Waals surface area contributed by atoms with E-state index >= 15 is 0 Å². The Hall–Kier alpha value is -2.01. The lowest BCUT2D eigenvalue weighted by molar-refractivity contribution is 0.0969. The van der Waals surface area contributed by atoms with Gasteiger partial charge in [-0.05, 0) is 62.2 Å². The molecular formula is C24H24Cl3N3O. The molecule has 31 heavy (non-hydrogen) atoms. The number of nitrogens with one attached hydrogen (secondary N) is 1. The fourth-order valence-corrected chi connectivity index (χ4v) is 4.83. The van der Waals surface area contributed by atoms with Crippen LogP contribution >= 0.6 is 34.8 Å². The lowest BCUT2D eigenvalue weighted by atomic mass is 10.0. The van der Waals surface area contributed by atoms with Crippen LogP contribution in [0, 0.1) is 6.92 Å². The zero-order chi connectivity index (χ0) is 22.0. The molecule has 3 aromatic rings. The molecule has 0 bridgehead atoms. The molecule has 2 aromatic carbocycles. The van der Waals surface area contributed by atoms with Gasteiger partial charge in [-0.15, -0.1) is 0 Å². The number of anilines is 1. The van der Waals surface area contributed by atoms with Crippen LogP contribution in [0.1, 0.15) is 54.7 Å². The summed E-state index contributed by atoms with van der Waals surface area (Å²) in [5.74, 6) is 0.443. The third-order valence-corrected chi connectivity index (χ3v) is 6.59. The first-order chi connectivity index (χ1) is 14.9. The topological polar surface area (TPSA) is 49.0 Å². The van der Waals surface area contributed by atoms with Gasteiger partial charge in [0.25, 0.3) is 5.91 Å². The van der Waals surface area contributed by atoms with Crippen LogP contribution in [0.15, 0.2) is 42.5 Å². The number of imidazole rings is 1. The van der Waals surface area contributed by atoms with Gasteiger partial charge in [-0.25, -0.2) is 4.98 Å². The van der Waals surface area contributed by atoms with Crippen molar-refractivity contribution >= 4 is 46.4 Å². The summed E-state index contributed by atoms with van der Waals surface area (Å²) in [5.41, 5.74) is 2.66. The van der Waals surface area contributed by atoms with Gasteiger partial charge in [0.05, 0.1) is 5.02 Å². The Morgan fingerprint density at radius 3 is 2.26 bits per heavy atom. The minimum atomic E-state index is -0.112. The SMILES string of the molecule is Cc1[nH]c(-c2ccc(Cl)cc2Cl)nc1C(=O)N(c1ccc(Cl)cc1)C1CCCCCC1. The van der Waals surface area contributed by atoms with Crippen molar-refractivity contribution in [1.82, 2.24) is 9.97 Å². The van der Waals surface area contributed by atoms with Crippen LogP contribution in [0.3, 0.4) is 0 Å². The summed E-state index contributed by atoms with van der Waals surface area (Å²) in [4.78, 5) is 23.6. The van der Waals surface area contributed by atoms with Crippen LogP contribution < -0.4 is 4.90 Å². The molecule has 0 atom stereocenters. The molecule has 0 radical (unpaired) electrons. The number of aromatic nitrogens is 2. The van der Waals surface area contributed by atoms with E-state index in [0.29, 0.717) is 37.8 Å². The molecule has 0 spiro atoms. The maximum Gasteiger partial charge on any atom is 0.279 e. The van der Waals surface area contributed by atoms with E-state index in [9.17, 15) is 4.79 Å². The van der Waals surface area contributed by atoms with Crippen molar-refractivity contribution in [3.63, 3.8) is 0 Å². The van der Waals surface area contributed by atoms with Crippen molar-refractivity contribution in [2.75, 3.05) is 4.90 Å². The fraction of sp³-hybridized carbons (Fsp3) is 0.333. The smallest absolute Gasteiger partial charge is 0.279 e. The van der Waals surface area contributed by atoms with Crippen molar-refractivity contribution in [2.45, 2.75) is 51.5 Å². The first-order valence-corrected chi connectivity index (χ1v) is 11.7. The van der Waals surface area contributed by atoms with Crippen molar-refractivity contribution in [3.05, 3.63) is 68.9 Å². The summed E-state index contributed by atoms with van der Waals surface area (Å²) < 4.78 is 0. The number of carbonyl (C=O) groups excluding carboxylic acids is 1. The first kappa shape index (κ1) is 22.2. The van der Waals surface area contributed by atoms with E-state index in [4.69, 9.17) is 34.8 Å². The second kappa shape index (κ2) is 9.64. The molecule has 4 rings (SSSR count). The molecule has 0 aliphatic heterocycles. The molecule has 7 heteroatoms. The summed E-state index contributed by atoms with van der Waals surface area (Å²) in [7, 11) is 0. The third kappa shape index (κ3) is 4.92. The zero-order valence-corrected chi connectivity index (χ0v) is 19.6. The summed E-state index contributed by atoms with van der Waals surface area (Å²) >= 11 is 18.5. The average molecular weight is 477 g/mol. The van der Waals surface area contributed by atoms with Gasteiger partial charge in [0.15, 0.2) is 0 Å². The van der Waals surface area contributed by atoms with Crippen molar-refractivity contribution in [3.8, 4) is 11.4 Å². The van der Waals surface area contributed by atoms with E-state index < -0.39 is 0 Å². The Bertz CT molecular complexity index is 1070. The van der Waals surface area contributed by atoms with Crippen LogP contribution in [-0.2, 0) is 0 Å². The molecular weight excluding hydrogens is 453 g/mol. The third-order valence-electron chi connectivity index (χ3n) is 5.79. The van der Waals surface area contributed by atoms with Crippen molar-refractivity contribution < 1.29 is 4.79 Å². The van der Waals surface area contributed by atoms with Gasteiger partial charge in [-0.1, -0.05) is 60.5 Å².